The molecule has 4 aromatic rings. The average molecular weight is 369 g/mol. The van der Waals surface area contributed by atoms with Crippen LogP contribution < -0.4 is 0 Å². The number of benzene rings is 3. The summed E-state index contributed by atoms with van der Waals surface area (Å²) in [5.74, 6) is 0.149. The number of nitrogens with zero attached hydrogens (tertiary/aromatic N) is 1. The Morgan fingerprint density at radius 1 is 0.929 bits per heavy atom. The van der Waals surface area contributed by atoms with Gasteiger partial charge in [-0.2, -0.15) is 0 Å². The van der Waals surface area contributed by atoms with Gasteiger partial charge in [-0.15, -0.1) is 0 Å². The summed E-state index contributed by atoms with van der Waals surface area (Å²) < 4.78 is 17.2. The molecule has 0 spiro atoms. The number of halogens is 1. The van der Waals surface area contributed by atoms with E-state index in [4.69, 9.17) is 0 Å². The topological polar surface area (TPSA) is 4.93 Å². The zero-order chi connectivity index (χ0) is 19.3. The molecule has 0 fully saturated rings. The Kier molecular flexibility index (Phi) is 3.90. The Hall–Kier alpha value is -2.87. The molecule has 1 heterocycles. The molecule has 0 N–H and O–H groups in total. The van der Waals surface area contributed by atoms with Crippen molar-refractivity contribution in [3.63, 3.8) is 0 Å². The van der Waals surface area contributed by atoms with Gasteiger partial charge in [0.05, 0.1) is 5.52 Å². The third-order valence-corrected chi connectivity index (χ3v) is 6.22. The molecule has 5 rings (SSSR count). The first kappa shape index (κ1) is 17.2. The molecular formula is C26H24FN. The fraction of sp³-hybridized carbons (Fsp3) is 0.231. The first-order valence-electron chi connectivity index (χ1n) is 9.95. The van der Waals surface area contributed by atoms with E-state index in [1.165, 1.54) is 22.3 Å². The molecule has 3 aromatic carbocycles. The van der Waals surface area contributed by atoms with Crippen LogP contribution in [0.1, 0.15) is 48.4 Å². The lowest BCUT2D eigenvalue weighted by Gasteiger charge is -2.36. The van der Waals surface area contributed by atoms with E-state index in [-0.39, 0.29) is 17.2 Å². The molecule has 1 unspecified atom stereocenters. The van der Waals surface area contributed by atoms with Crippen LogP contribution >= 0.6 is 0 Å². The summed E-state index contributed by atoms with van der Waals surface area (Å²) >= 11 is 0. The summed E-state index contributed by atoms with van der Waals surface area (Å²) in [6.07, 6.45) is 3.22. The van der Waals surface area contributed by atoms with Gasteiger partial charge in [0.15, 0.2) is 0 Å². The van der Waals surface area contributed by atoms with E-state index in [9.17, 15) is 0 Å². The lowest BCUT2D eigenvalue weighted by Crippen LogP contribution is -2.25. The molecule has 0 saturated carbocycles. The molecule has 1 aliphatic carbocycles. The van der Waals surface area contributed by atoms with Crippen LogP contribution in [0.4, 0.5) is 4.39 Å². The summed E-state index contributed by atoms with van der Waals surface area (Å²) in [6, 6.07) is 24.6. The van der Waals surface area contributed by atoms with E-state index in [1.54, 1.807) is 6.07 Å². The molecule has 1 aromatic heterocycles. The quantitative estimate of drug-likeness (QED) is 0.381. The van der Waals surface area contributed by atoms with E-state index in [2.05, 4.69) is 67.1 Å². The molecule has 0 radical (unpaired) electrons. The molecule has 0 saturated heterocycles. The van der Waals surface area contributed by atoms with Gasteiger partial charge in [-0.25, -0.2) is 4.39 Å². The van der Waals surface area contributed by atoms with Crippen molar-refractivity contribution in [3.05, 3.63) is 107 Å². The molecular weight excluding hydrogens is 345 g/mol. The van der Waals surface area contributed by atoms with Gasteiger partial charge in [-0.05, 0) is 40.2 Å². The zero-order valence-corrected chi connectivity index (χ0v) is 16.3. The van der Waals surface area contributed by atoms with Crippen molar-refractivity contribution in [1.29, 1.82) is 0 Å². The third kappa shape index (κ3) is 2.67. The standard InChI is InChI=1S/C26H24FN/c1-26(2)15-20(19-11-7-4-8-12-19)21-17-28(16-18-9-5-3-6-10-18)25-23(27)14-13-22(26)24(21)25/h3-14,17,20H,15-16H2,1-2H3. The van der Waals surface area contributed by atoms with E-state index in [0.717, 1.165) is 17.3 Å². The Labute approximate surface area is 165 Å². The zero-order valence-electron chi connectivity index (χ0n) is 16.3. The normalized spacial score (nSPS) is 17.8. The number of hydrogen-bond donors (Lipinski definition) is 0. The van der Waals surface area contributed by atoms with Crippen LogP contribution in [0.25, 0.3) is 10.9 Å². The van der Waals surface area contributed by atoms with Crippen molar-refractivity contribution in [3.8, 4) is 0 Å². The van der Waals surface area contributed by atoms with Gasteiger partial charge in [0.1, 0.15) is 5.82 Å². The first-order chi connectivity index (χ1) is 13.5. The third-order valence-electron chi connectivity index (χ3n) is 6.22. The fourth-order valence-corrected chi connectivity index (χ4v) is 4.88. The summed E-state index contributed by atoms with van der Waals surface area (Å²) in [7, 11) is 0. The Morgan fingerprint density at radius 2 is 1.61 bits per heavy atom. The van der Waals surface area contributed by atoms with Crippen LogP contribution in [0, 0.1) is 5.82 Å². The minimum Gasteiger partial charge on any atom is -0.340 e. The highest BCUT2D eigenvalue weighted by Gasteiger charge is 2.37. The van der Waals surface area contributed by atoms with Crippen molar-refractivity contribution in [2.24, 2.45) is 0 Å². The number of hydrogen-bond acceptors (Lipinski definition) is 0. The SMILES string of the molecule is CC1(C)CC(c2ccccc2)c2cn(Cc3ccccc3)c3c(F)ccc1c23. The molecule has 2 heteroatoms. The summed E-state index contributed by atoms with van der Waals surface area (Å²) in [5, 5.41) is 1.11. The van der Waals surface area contributed by atoms with E-state index < -0.39 is 0 Å². The summed E-state index contributed by atoms with van der Waals surface area (Å²) in [6.45, 7) is 5.25. The predicted molar refractivity (Wildman–Crippen MR) is 113 cm³/mol. The van der Waals surface area contributed by atoms with Crippen LogP contribution in [0.3, 0.4) is 0 Å². The van der Waals surface area contributed by atoms with Crippen LogP contribution in [0.5, 0.6) is 0 Å². The minimum atomic E-state index is -0.134. The van der Waals surface area contributed by atoms with Crippen molar-refractivity contribution in [2.45, 2.75) is 38.1 Å². The molecule has 1 atom stereocenters. The summed E-state index contributed by atoms with van der Waals surface area (Å²) in [5.41, 5.74) is 5.75. The molecule has 0 bridgehead atoms. The minimum absolute atomic E-state index is 0.00160. The van der Waals surface area contributed by atoms with Gasteiger partial charge in [0.2, 0.25) is 0 Å². The average Bonchev–Trinajstić information content (AvgIpc) is 3.07. The molecule has 28 heavy (non-hydrogen) atoms. The van der Waals surface area contributed by atoms with Crippen LogP contribution in [0.15, 0.2) is 79.0 Å². The Balaban J connectivity index is 1.76. The smallest absolute Gasteiger partial charge is 0.147 e. The predicted octanol–water partition coefficient (Wildman–Crippen LogP) is 6.64. The van der Waals surface area contributed by atoms with Gasteiger partial charge in [-0.1, -0.05) is 80.6 Å². The second-order valence-electron chi connectivity index (χ2n) is 8.57. The fourth-order valence-electron chi connectivity index (χ4n) is 4.88. The van der Waals surface area contributed by atoms with E-state index in [0.29, 0.717) is 6.54 Å². The number of aromatic nitrogens is 1. The van der Waals surface area contributed by atoms with Gasteiger partial charge in [0.25, 0.3) is 0 Å². The first-order valence-corrected chi connectivity index (χ1v) is 9.95. The van der Waals surface area contributed by atoms with E-state index in [1.807, 2.05) is 24.3 Å². The lowest BCUT2D eigenvalue weighted by atomic mass is 9.67. The maximum Gasteiger partial charge on any atom is 0.147 e. The lowest BCUT2D eigenvalue weighted by molar-refractivity contribution is 0.443. The highest BCUT2D eigenvalue weighted by atomic mass is 19.1. The maximum atomic E-state index is 15.1. The van der Waals surface area contributed by atoms with Gasteiger partial charge >= 0.3 is 0 Å². The highest BCUT2D eigenvalue weighted by Crippen LogP contribution is 2.49. The monoisotopic (exact) mass is 369 g/mol. The van der Waals surface area contributed by atoms with Crippen molar-refractivity contribution >= 4 is 10.9 Å². The maximum absolute atomic E-state index is 15.1. The molecule has 0 amide bonds. The molecule has 0 aliphatic heterocycles. The van der Waals surface area contributed by atoms with Crippen LogP contribution in [-0.4, -0.2) is 4.57 Å². The van der Waals surface area contributed by atoms with Crippen LogP contribution in [0.2, 0.25) is 0 Å². The van der Waals surface area contributed by atoms with Gasteiger partial charge < -0.3 is 4.57 Å². The number of rotatable bonds is 3. The van der Waals surface area contributed by atoms with Crippen molar-refractivity contribution in [1.82, 2.24) is 4.57 Å². The second-order valence-corrected chi connectivity index (χ2v) is 8.57. The van der Waals surface area contributed by atoms with E-state index >= 15 is 4.39 Å². The van der Waals surface area contributed by atoms with Gasteiger partial charge in [-0.3, -0.25) is 0 Å². The largest absolute Gasteiger partial charge is 0.340 e. The van der Waals surface area contributed by atoms with Crippen molar-refractivity contribution in [2.75, 3.05) is 0 Å². The highest BCUT2D eigenvalue weighted by molar-refractivity contribution is 5.91. The summed E-state index contributed by atoms with van der Waals surface area (Å²) in [4.78, 5) is 0. The van der Waals surface area contributed by atoms with Crippen molar-refractivity contribution < 1.29 is 4.39 Å². The van der Waals surface area contributed by atoms with Crippen LogP contribution in [-0.2, 0) is 12.0 Å². The van der Waals surface area contributed by atoms with Gasteiger partial charge in [0, 0.05) is 24.0 Å². The second kappa shape index (κ2) is 6.34. The Bertz CT molecular complexity index is 1140. The molecule has 1 nitrogen and oxygen atoms in total. The molecule has 140 valence electrons. The Morgan fingerprint density at radius 3 is 2.32 bits per heavy atom. The molecule has 1 aliphatic rings.